The number of likely N-dealkylation sites (tertiary alicyclic amines) is 1. The van der Waals surface area contributed by atoms with Crippen LogP contribution in [-0.2, 0) is 10.0 Å². The van der Waals surface area contributed by atoms with Crippen molar-refractivity contribution in [3.8, 4) is 0 Å². The Hall–Kier alpha value is -0.920. The van der Waals surface area contributed by atoms with E-state index in [0.717, 1.165) is 19.6 Å². The first-order valence-electron chi connectivity index (χ1n) is 7.97. The molecule has 2 heterocycles. The lowest BCUT2D eigenvalue weighted by Gasteiger charge is -2.17. The second kappa shape index (κ2) is 6.29. The van der Waals surface area contributed by atoms with Gasteiger partial charge in [0.25, 0.3) is 0 Å². The molecule has 1 aromatic rings. The summed E-state index contributed by atoms with van der Waals surface area (Å²) in [6.07, 6.45) is 0. The molecule has 1 aliphatic rings. The molecule has 0 saturated carbocycles. The minimum atomic E-state index is -3.54. The first-order valence-corrected chi connectivity index (χ1v) is 9.46. The molecule has 0 aromatic carbocycles. The second-order valence-corrected chi connectivity index (χ2v) is 8.25. The number of aromatic nitrogens is 2. The summed E-state index contributed by atoms with van der Waals surface area (Å²) in [5.74, 6) is 0.315. The van der Waals surface area contributed by atoms with Gasteiger partial charge in [0.1, 0.15) is 4.90 Å². The highest BCUT2D eigenvalue weighted by Crippen LogP contribution is 2.24. The molecule has 126 valence electrons. The number of aryl methyl sites for hydroxylation is 1. The summed E-state index contributed by atoms with van der Waals surface area (Å²) >= 11 is 0. The Balaban J connectivity index is 2.28. The summed E-state index contributed by atoms with van der Waals surface area (Å²) in [7, 11) is -3.54. The van der Waals surface area contributed by atoms with Gasteiger partial charge in [-0.15, -0.1) is 0 Å². The van der Waals surface area contributed by atoms with Gasteiger partial charge in [-0.3, -0.25) is 4.68 Å². The largest absolute Gasteiger partial charge is 0.302 e. The number of likely N-dealkylation sites (N-methyl/N-ethyl adjacent to an activating group) is 1. The predicted molar refractivity (Wildman–Crippen MR) is 87.5 cm³/mol. The highest BCUT2D eigenvalue weighted by Gasteiger charge is 2.34. The third-order valence-corrected chi connectivity index (χ3v) is 6.20. The molecule has 0 aliphatic carbocycles. The zero-order valence-electron chi connectivity index (χ0n) is 14.4. The molecule has 0 bridgehead atoms. The fourth-order valence-corrected chi connectivity index (χ4v) is 5.01. The quantitative estimate of drug-likeness (QED) is 0.893. The van der Waals surface area contributed by atoms with Crippen molar-refractivity contribution in [3.63, 3.8) is 0 Å². The van der Waals surface area contributed by atoms with E-state index in [9.17, 15) is 8.42 Å². The number of sulfonamides is 1. The van der Waals surface area contributed by atoms with E-state index in [0.29, 0.717) is 22.2 Å². The zero-order valence-corrected chi connectivity index (χ0v) is 15.2. The molecule has 1 aliphatic heterocycles. The minimum Gasteiger partial charge on any atom is -0.302 e. The first kappa shape index (κ1) is 17.4. The predicted octanol–water partition coefficient (Wildman–Crippen LogP) is 1.70. The highest BCUT2D eigenvalue weighted by atomic mass is 32.2. The molecule has 1 fully saturated rings. The van der Waals surface area contributed by atoms with E-state index < -0.39 is 10.0 Å². The first-order chi connectivity index (χ1) is 10.2. The molecule has 22 heavy (non-hydrogen) atoms. The van der Waals surface area contributed by atoms with E-state index in [1.54, 1.807) is 11.6 Å². The summed E-state index contributed by atoms with van der Waals surface area (Å²) in [6, 6.07) is 0.106. The van der Waals surface area contributed by atoms with Crippen molar-refractivity contribution >= 4 is 10.0 Å². The lowest BCUT2D eigenvalue weighted by molar-refractivity contribution is 0.344. The van der Waals surface area contributed by atoms with Gasteiger partial charge in [-0.1, -0.05) is 13.8 Å². The van der Waals surface area contributed by atoms with E-state index >= 15 is 0 Å². The molecule has 2 rings (SSSR count). The number of hydrogen-bond acceptors (Lipinski definition) is 4. The molecule has 0 spiro atoms. The number of rotatable bonds is 5. The summed E-state index contributed by atoms with van der Waals surface area (Å²) in [4.78, 5) is 2.61. The van der Waals surface area contributed by atoms with Crippen LogP contribution in [0.4, 0.5) is 0 Å². The molecule has 2 atom stereocenters. The van der Waals surface area contributed by atoms with Crippen LogP contribution in [0.5, 0.6) is 0 Å². The number of nitrogens with zero attached hydrogens (tertiary/aromatic N) is 3. The van der Waals surface area contributed by atoms with Crippen molar-refractivity contribution in [2.75, 3.05) is 19.6 Å². The van der Waals surface area contributed by atoms with Crippen LogP contribution in [0.2, 0.25) is 0 Å². The Morgan fingerprint density at radius 1 is 1.32 bits per heavy atom. The standard InChI is InChI=1S/C15H28N4O2S/c1-7-18-8-11(4)14(9-18)17-22(20,21)15-12(5)16-19(10(2)3)13(15)6/h10-11,14,17H,7-9H2,1-6H3/t11-,14+/m1/s1. The fraction of sp³-hybridized carbons (Fsp3) is 0.800. The van der Waals surface area contributed by atoms with Gasteiger partial charge >= 0.3 is 0 Å². The molecule has 0 radical (unpaired) electrons. The van der Waals surface area contributed by atoms with Crippen LogP contribution in [0.1, 0.15) is 45.1 Å². The van der Waals surface area contributed by atoms with Gasteiger partial charge in [0, 0.05) is 25.2 Å². The van der Waals surface area contributed by atoms with Crippen molar-refractivity contribution < 1.29 is 8.42 Å². The van der Waals surface area contributed by atoms with Crippen LogP contribution in [0.15, 0.2) is 4.90 Å². The van der Waals surface area contributed by atoms with Crippen LogP contribution in [0.25, 0.3) is 0 Å². The molecule has 0 amide bonds. The van der Waals surface area contributed by atoms with Crippen LogP contribution in [-0.4, -0.2) is 48.8 Å². The van der Waals surface area contributed by atoms with Crippen LogP contribution in [0, 0.1) is 19.8 Å². The van der Waals surface area contributed by atoms with E-state index in [2.05, 4.69) is 28.6 Å². The van der Waals surface area contributed by atoms with E-state index in [1.807, 2.05) is 20.8 Å². The Morgan fingerprint density at radius 3 is 2.41 bits per heavy atom. The Morgan fingerprint density at radius 2 is 1.95 bits per heavy atom. The van der Waals surface area contributed by atoms with Crippen molar-refractivity contribution in [2.24, 2.45) is 5.92 Å². The van der Waals surface area contributed by atoms with Crippen LogP contribution < -0.4 is 4.72 Å². The van der Waals surface area contributed by atoms with Crippen molar-refractivity contribution in [1.29, 1.82) is 0 Å². The zero-order chi connectivity index (χ0) is 16.7. The summed E-state index contributed by atoms with van der Waals surface area (Å²) in [5.41, 5.74) is 1.27. The lowest BCUT2D eigenvalue weighted by Crippen LogP contribution is -2.40. The lowest BCUT2D eigenvalue weighted by atomic mass is 10.1. The van der Waals surface area contributed by atoms with Gasteiger partial charge in [-0.2, -0.15) is 5.10 Å². The molecular formula is C15H28N4O2S. The van der Waals surface area contributed by atoms with Crippen LogP contribution in [0.3, 0.4) is 0 Å². The normalized spacial score (nSPS) is 23.6. The van der Waals surface area contributed by atoms with E-state index in [4.69, 9.17) is 0 Å². The number of nitrogens with one attached hydrogen (secondary N) is 1. The van der Waals surface area contributed by atoms with Gasteiger partial charge in [0.15, 0.2) is 0 Å². The Kier molecular flexibility index (Phi) is 4.99. The van der Waals surface area contributed by atoms with Gasteiger partial charge in [0.2, 0.25) is 10.0 Å². The fourth-order valence-electron chi connectivity index (χ4n) is 3.28. The summed E-state index contributed by atoms with van der Waals surface area (Å²) in [6.45, 7) is 14.4. The maximum absolute atomic E-state index is 12.8. The van der Waals surface area contributed by atoms with Crippen molar-refractivity contribution in [1.82, 2.24) is 19.4 Å². The summed E-state index contributed by atoms with van der Waals surface area (Å²) < 4.78 is 30.3. The molecule has 6 nitrogen and oxygen atoms in total. The molecular weight excluding hydrogens is 300 g/mol. The Labute approximate surface area is 133 Å². The minimum absolute atomic E-state index is 0.0360. The van der Waals surface area contributed by atoms with Gasteiger partial charge < -0.3 is 4.90 Å². The van der Waals surface area contributed by atoms with E-state index in [-0.39, 0.29) is 12.1 Å². The molecule has 1 saturated heterocycles. The van der Waals surface area contributed by atoms with Crippen LogP contribution >= 0.6 is 0 Å². The summed E-state index contributed by atoms with van der Waals surface area (Å²) in [5, 5.41) is 4.39. The maximum Gasteiger partial charge on any atom is 0.244 e. The third kappa shape index (κ3) is 3.21. The molecule has 7 heteroatoms. The average molecular weight is 328 g/mol. The maximum atomic E-state index is 12.8. The van der Waals surface area contributed by atoms with Crippen molar-refractivity contribution in [2.45, 2.75) is 58.5 Å². The van der Waals surface area contributed by atoms with Crippen molar-refractivity contribution in [3.05, 3.63) is 11.4 Å². The third-order valence-electron chi connectivity index (χ3n) is 4.46. The average Bonchev–Trinajstić information content (AvgIpc) is 2.90. The molecule has 1 N–H and O–H groups in total. The second-order valence-electron chi connectivity index (χ2n) is 6.60. The molecule has 0 unspecified atom stereocenters. The molecule has 1 aromatic heterocycles. The Bertz CT molecular complexity index is 636. The van der Waals surface area contributed by atoms with E-state index in [1.165, 1.54) is 0 Å². The van der Waals surface area contributed by atoms with Gasteiger partial charge in [0.05, 0.1) is 11.4 Å². The smallest absolute Gasteiger partial charge is 0.244 e. The highest BCUT2D eigenvalue weighted by molar-refractivity contribution is 7.89. The number of hydrogen-bond donors (Lipinski definition) is 1. The topological polar surface area (TPSA) is 67.2 Å². The monoisotopic (exact) mass is 328 g/mol. The SMILES string of the molecule is CCN1C[C@@H](C)[C@@H](NS(=O)(=O)c2c(C)nn(C(C)C)c2C)C1. The van der Waals surface area contributed by atoms with Gasteiger partial charge in [-0.05, 0) is 40.2 Å². The van der Waals surface area contributed by atoms with Gasteiger partial charge in [-0.25, -0.2) is 13.1 Å².